The van der Waals surface area contributed by atoms with Gasteiger partial charge in [0.05, 0.1) is 0 Å². The number of Topliss-reactive ketones (excluding diaryl/α,β-unsaturated/α-hetero) is 1. The Labute approximate surface area is 124 Å². The fraction of sp³-hybridized carbons (Fsp3) is 0.133. The van der Waals surface area contributed by atoms with Crippen LogP contribution in [0.2, 0.25) is 5.02 Å². The standard InChI is InChI=1S/C15H11BrClFO/c1-9-2-3-10(14(17)6-9)7-15(19)12-5-4-11(18)8-13(12)16/h2-6,8H,7H2,1H3. The van der Waals surface area contributed by atoms with Crippen molar-refractivity contribution < 1.29 is 9.18 Å². The highest BCUT2D eigenvalue weighted by Gasteiger charge is 2.13. The summed E-state index contributed by atoms with van der Waals surface area (Å²) in [4.78, 5) is 12.2. The molecule has 0 aliphatic rings. The molecule has 1 nitrogen and oxygen atoms in total. The van der Waals surface area contributed by atoms with E-state index in [0.717, 1.165) is 11.1 Å². The van der Waals surface area contributed by atoms with Crippen LogP contribution in [0.3, 0.4) is 0 Å². The summed E-state index contributed by atoms with van der Waals surface area (Å²) in [6, 6.07) is 9.60. The molecule has 0 spiro atoms. The molecular formula is C15H11BrClFO. The fourth-order valence-electron chi connectivity index (χ4n) is 1.78. The zero-order valence-electron chi connectivity index (χ0n) is 10.2. The van der Waals surface area contributed by atoms with Crippen LogP contribution in [0.5, 0.6) is 0 Å². The maximum absolute atomic E-state index is 13.0. The largest absolute Gasteiger partial charge is 0.294 e. The van der Waals surface area contributed by atoms with E-state index in [1.54, 1.807) is 0 Å². The second-order valence-electron chi connectivity index (χ2n) is 4.32. The van der Waals surface area contributed by atoms with Crippen molar-refractivity contribution in [2.75, 3.05) is 0 Å². The second kappa shape index (κ2) is 5.85. The van der Waals surface area contributed by atoms with E-state index in [9.17, 15) is 9.18 Å². The Hall–Kier alpha value is -1.19. The minimum Gasteiger partial charge on any atom is -0.294 e. The third-order valence-corrected chi connectivity index (χ3v) is 3.80. The van der Waals surface area contributed by atoms with Gasteiger partial charge < -0.3 is 0 Å². The van der Waals surface area contributed by atoms with Gasteiger partial charge in [0.1, 0.15) is 5.82 Å². The van der Waals surface area contributed by atoms with Gasteiger partial charge in [0.15, 0.2) is 5.78 Å². The number of hydrogen-bond acceptors (Lipinski definition) is 1. The topological polar surface area (TPSA) is 17.1 Å². The Kier molecular flexibility index (Phi) is 4.38. The lowest BCUT2D eigenvalue weighted by atomic mass is 10.0. The summed E-state index contributed by atoms with van der Waals surface area (Å²) in [5.74, 6) is -0.477. The van der Waals surface area contributed by atoms with Gasteiger partial charge in [-0.25, -0.2) is 4.39 Å². The molecule has 0 unspecified atom stereocenters. The molecule has 2 aromatic rings. The van der Waals surface area contributed by atoms with Crippen molar-refractivity contribution in [1.29, 1.82) is 0 Å². The van der Waals surface area contributed by atoms with E-state index in [1.807, 2.05) is 25.1 Å². The lowest BCUT2D eigenvalue weighted by Gasteiger charge is -2.06. The Morgan fingerprint density at radius 1 is 1.26 bits per heavy atom. The molecule has 0 bridgehead atoms. The van der Waals surface area contributed by atoms with Gasteiger partial charge in [-0.1, -0.05) is 23.7 Å². The molecule has 4 heteroatoms. The van der Waals surface area contributed by atoms with Gasteiger partial charge in [0, 0.05) is 21.5 Å². The van der Waals surface area contributed by atoms with E-state index in [4.69, 9.17) is 11.6 Å². The molecule has 0 N–H and O–H groups in total. The van der Waals surface area contributed by atoms with Crippen LogP contribution in [0.4, 0.5) is 4.39 Å². The summed E-state index contributed by atoms with van der Waals surface area (Å²) in [7, 11) is 0. The summed E-state index contributed by atoms with van der Waals surface area (Å²) in [5, 5.41) is 0.576. The number of ketones is 1. The van der Waals surface area contributed by atoms with Crippen LogP contribution in [0.25, 0.3) is 0 Å². The lowest BCUT2D eigenvalue weighted by molar-refractivity contribution is 0.0992. The molecule has 0 heterocycles. The highest BCUT2D eigenvalue weighted by molar-refractivity contribution is 9.10. The minimum atomic E-state index is -0.378. The monoisotopic (exact) mass is 340 g/mol. The third kappa shape index (κ3) is 3.43. The minimum absolute atomic E-state index is 0.0994. The number of rotatable bonds is 3. The van der Waals surface area contributed by atoms with E-state index in [1.165, 1.54) is 18.2 Å². The Morgan fingerprint density at radius 3 is 2.63 bits per heavy atom. The van der Waals surface area contributed by atoms with Crippen molar-refractivity contribution in [2.45, 2.75) is 13.3 Å². The van der Waals surface area contributed by atoms with Crippen LogP contribution in [0.1, 0.15) is 21.5 Å². The molecule has 0 atom stereocenters. The van der Waals surface area contributed by atoms with Crippen LogP contribution in [0, 0.1) is 12.7 Å². The lowest BCUT2D eigenvalue weighted by Crippen LogP contribution is -2.05. The van der Waals surface area contributed by atoms with E-state index in [-0.39, 0.29) is 18.0 Å². The summed E-state index contributed by atoms with van der Waals surface area (Å²) >= 11 is 9.30. The Morgan fingerprint density at radius 2 is 2.00 bits per heavy atom. The van der Waals surface area contributed by atoms with Crippen molar-refractivity contribution in [2.24, 2.45) is 0 Å². The predicted molar refractivity (Wildman–Crippen MR) is 78.3 cm³/mol. The number of halogens is 3. The number of hydrogen-bond donors (Lipinski definition) is 0. The van der Waals surface area contributed by atoms with Crippen LogP contribution >= 0.6 is 27.5 Å². The van der Waals surface area contributed by atoms with Gasteiger partial charge >= 0.3 is 0 Å². The number of aryl methyl sites for hydroxylation is 1. The SMILES string of the molecule is Cc1ccc(CC(=O)c2ccc(F)cc2Br)c(Cl)c1. The molecule has 0 radical (unpaired) electrons. The van der Waals surface area contributed by atoms with Crippen molar-refractivity contribution in [3.8, 4) is 0 Å². The van der Waals surface area contributed by atoms with Crippen molar-refractivity contribution in [1.82, 2.24) is 0 Å². The summed E-state index contributed by atoms with van der Waals surface area (Å²) in [5.41, 5.74) is 2.27. The molecule has 0 aliphatic carbocycles. The van der Waals surface area contributed by atoms with Gasteiger partial charge in [0.2, 0.25) is 0 Å². The highest BCUT2D eigenvalue weighted by Crippen LogP contribution is 2.23. The fourth-order valence-corrected chi connectivity index (χ4v) is 2.65. The molecule has 0 amide bonds. The van der Waals surface area contributed by atoms with Crippen LogP contribution in [-0.2, 0) is 6.42 Å². The smallest absolute Gasteiger partial charge is 0.168 e. The summed E-state index contributed by atoms with van der Waals surface area (Å²) < 4.78 is 13.4. The average molecular weight is 342 g/mol. The number of carbonyl (C=O) groups is 1. The number of benzene rings is 2. The summed E-state index contributed by atoms with van der Waals surface area (Å²) in [6.45, 7) is 1.94. The predicted octanol–water partition coefficient (Wildman–Crippen LogP) is 4.98. The van der Waals surface area contributed by atoms with Gasteiger partial charge in [-0.3, -0.25) is 4.79 Å². The first-order valence-electron chi connectivity index (χ1n) is 5.70. The average Bonchev–Trinajstić information content (AvgIpc) is 2.32. The van der Waals surface area contributed by atoms with Crippen molar-refractivity contribution in [3.63, 3.8) is 0 Å². The quantitative estimate of drug-likeness (QED) is 0.720. The molecule has 98 valence electrons. The van der Waals surface area contributed by atoms with Gasteiger partial charge in [-0.05, 0) is 58.2 Å². The zero-order valence-corrected chi connectivity index (χ0v) is 12.6. The summed E-state index contributed by atoms with van der Waals surface area (Å²) in [6.07, 6.45) is 0.198. The second-order valence-corrected chi connectivity index (χ2v) is 5.58. The van der Waals surface area contributed by atoms with E-state index < -0.39 is 0 Å². The van der Waals surface area contributed by atoms with Gasteiger partial charge in [-0.15, -0.1) is 0 Å². The zero-order chi connectivity index (χ0) is 14.0. The van der Waals surface area contributed by atoms with Crippen LogP contribution < -0.4 is 0 Å². The van der Waals surface area contributed by atoms with Gasteiger partial charge in [-0.2, -0.15) is 0 Å². The Balaban J connectivity index is 2.25. The van der Waals surface area contributed by atoms with Crippen molar-refractivity contribution in [3.05, 3.63) is 68.4 Å². The first-order chi connectivity index (χ1) is 8.97. The maximum Gasteiger partial charge on any atom is 0.168 e. The number of carbonyl (C=O) groups excluding carboxylic acids is 1. The normalized spacial score (nSPS) is 10.5. The van der Waals surface area contributed by atoms with Crippen LogP contribution in [-0.4, -0.2) is 5.78 Å². The molecule has 0 saturated heterocycles. The van der Waals surface area contributed by atoms with Gasteiger partial charge in [0.25, 0.3) is 0 Å². The highest BCUT2D eigenvalue weighted by atomic mass is 79.9. The third-order valence-electron chi connectivity index (χ3n) is 2.79. The molecule has 0 saturated carbocycles. The maximum atomic E-state index is 13.0. The molecule has 2 aromatic carbocycles. The molecular weight excluding hydrogens is 331 g/mol. The van der Waals surface area contributed by atoms with E-state index >= 15 is 0 Å². The Bertz CT molecular complexity index is 640. The van der Waals surface area contributed by atoms with E-state index in [0.29, 0.717) is 15.1 Å². The molecule has 2 rings (SSSR count). The molecule has 19 heavy (non-hydrogen) atoms. The van der Waals surface area contributed by atoms with Crippen molar-refractivity contribution >= 4 is 33.3 Å². The molecule has 0 fully saturated rings. The first kappa shape index (κ1) is 14.2. The molecule has 0 aliphatic heterocycles. The first-order valence-corrected chi connectivity index (χ1v) is 6.88. The van der Waals surface area contributed by atoms with Crippen LogP contribution in [0.15, 0.2) is 40.9 Å². The van der Waals surface area contributed by atoms with E-state index in [2.05, 4.69) is 15.9 Å². The molecule has 0 aromatic heterocycles.